The van der Waals surface area contributed by atoms with E-state index in [-0.39, 0.29) is 23.1 Å². The molecule has 1 atom stereocenters. The Morgan fingerprint density at radius 1 is 1.47 bits per heavy atom. The van der Waals surface area contributed by atoms with Crippen LogP contribution in [0.5, 0.6) is 0 Å². The highest BCUT2D eigenvalue weighted by atomic mass is 32.2. The first-order valence-electron chi connectivity index (χ1n) is 5.59. The van der Waals surface area contributed by atoms with Crippen molar-refractivity contribution in [1.29, 1.82) is 0 Å². The van der Waals surface area contributed by atoms with Gasteiger partial charge in [-0.25, -0.2) is 8.42 Å². The summed E-state index contributed by atoms with van der Waals surface area (Å²) in [5.41, 5.74) is -0.330. The average molecular weight is 288 g/mol. The topological polar surface area (TPSA) is 110 Å². The Balaban J connectivity index is 3.22. The SMILES string of the molecule is CC(CO)CNc1cccc(S(C)(=O)=O)c1[N+](=O)[O-]. The number of nitrogens with zero attached hydrogens (tertiary/aromatic N) is 1. The van der Waals surface area contributed by atoms with Crippen molar-refractivity contribution in [1.82, 2.24) is 0 Å². The van der Waals surface area contributed by atoms with E-state index in [2.05, 4.69) is 5.32 Å². The molecule has 1 aromatic rings. The van der Waals surface area contributed by atoms with Crippen molar-refractivity contribution in [2.45, 2.75) is 11.8 Å². The van der Waals surface area contributed by atoms with Gasteiger partial charge in [0.05, 0.1) is 4.92 Å². The number of benzene rings is 1. The molecule has 0 aliphatic rings. The van der Waals surface area contributed by atoms with Gasteiger partial charge in [-0.15, -0.1) is 0 Å². The minimum absolute atomic E-state index is 0.0629. The first-order chi connectivity index (χ1) is 8.77. The second-order valence-electron chi connectivity index (χ2n) is 4.35. The monoisotopic (exact) mass is 288 g/mol. The van der Waals surface area contributed by atoms with Gasteiger partial charge < -0.3 is 10.4 Å². The van der Waals surface area contributed by atoms with Crippen LogP contribution in [0.15, 0.2) is 23.1 Å². The van der Waals surface area contributed by atoms with Gasteiger partial charge in [-0.1, -0.05) is 13.0 Å². The largest absolute Gasteiger partial charge is 0.396 e. The molecule has 0 aromatic heterocycles. The van der Waals surface area contributed by atoms with Gasteiger partial charge in [0.25, 0.3) is 0 Å². The maximum atomic E-state index is 11.5. The Hall–Kier alpha value is -1.67. The van der Waals surface area contributed by atoms with E-state index in [0.29, 0.717) is 6.54 Å². The molecule has 0 amide bonds. The van der Waals surface area contributed by atoms with Crippen LogP contribution in [0.25, 0.3) is 0 Å². The molecule has 0 bridgehead atoms. The standard InChI is InChI=1S/C11H16N2O5S/c1-8(7-14)6-12-9-4-3-5-10(19(2,17)18)11(9)13(15)16/h3-5,8,12,14H,6-7H2,1-2H3. The Kier molecular flexibility index (Phi) is 4.84. The average Bonchev–Trinajstić information content (AvgIpc) is 2.34. The number of nitro groups is 1. The summed E-state index contributed by atoms with van der Waals surface area (Å²) >= 11 is 0. The third kappa shape index (κ3) is 3.90. The third-order valence-corrected chi connectivity index (χ3v) is 3.66. The molecule has 1 rings (SSSR count). The maximum absolute atomic E-state index is 11.5. The zero-order valence-electron chi connectivity index (χ0n) is 10.7. The lowest BCUT2D eigenvalue weighted by atomic mass is 10.2. The quantitative estimate of drug-likeness (QED) is 0.598. The van der Waals surface area contributed by atoms with Gasteiger partial charge in [0.1, 0.15) is 10.6 Å². The molecule has 2 N–H and O–H groups in total. The fourth-order valence-electron chi connectivity index (χ4n) is 1.50. The maximum Gasteiger partial charge on any atom is 0.310 e. The molecule has 0 saturated heterocycles. The molecule has 0 saturated carbocycles. The predicted molar refractivity (Wildman–Crippen MR) is 70.9 cm³/mol. The van der Waals surface area contributed by atoms with Crippen LogP contribution in [0.1, 0.15) is 6.92 Å². The Bertz CT molecular complexity index is 570. The molecular formula is C11H16N2O5S. The van der Waals surface area contributed by atoms with Crippen molar-refractivity contribution in [3.05, 3.63) is 28.3 Å². The summed E-state index contributed by atoms with van der Waals surface area (Å²) in [4.78, 5) is 10.0. The van der Waals surface area contributed by atoms with Crippen molar-refractivity contribution < 1.29 is 18.4 Å². The van der Waals surface area contributed by atoms with Crippen molar-refractivity contribution in [2.75, 3.05) is 24.7 Å². The van der Waals surface area contributed by atoms with Gasteiger partial charge >= 0.3 is 5.69 Å². The number of sulfone groups is 1. The van der Waals surface area contributed by atoms with Crippen LogP contribution >= 0.6 is 0 Å². The fourth-order valence-corrected chi connectivity index (χ4v) is 2.36. The lowest BCUT2D eigenvalue weighted by Crippen LogP contribution is -2.16. The zero-order valence-corrected chi connectivity index (χ0v) is 11.5. The van der Waals surface area contributed by atoms with Crippen molar-refractivity contribution in [3.8, 4) is 0 Å². The van der Waals surface area contributed by atoms with Gasteiger partial charge in [0.2, 0.25) is 0 Å². The van der Waals surface area contributed by atoms with Crippen LogP contribution < -0.4 is 5.32 Å². The Morgan fingerprint density at radius 3 is 2.58 bits per heavy atom. The first kappa shape index (κ1) is 15.4. The molecular weight excluding hydrogens is 272 g/mol. The van der Waals surface area contributed by atoms with Gasteiger partial charge in [-0.2, -0.15) is 0 Å². The van der Waals surface area contributed by atoms with Crippen LogP contribution in [0.2, 0.25) is 0 Å². The van der Waals surface area contributed by atoms with E-state index in [9.17, 15) is 18.5 Å². The molecule has 0 radical (unpaired) electrons. The number of hydrogen-bond acceptors (Lipinski definition) is 6. The molecule has 0 heterocycles. The highest BCUT2D eigenvalue weighted by molar-refractivity contribution is 7.90. The van der Waals surface area contributed by atoms with Crippen LogP contribution in [0.3, 0.4) is 0 Å². The lowest BCUT2D eigenvalue weighted by molar-refractivity contribution is -0.386. The van der Waals surface area contributed by atoms with Crippen molar-refractivity contribution in [2.24, 2.45) is 5.92 Å². The summed E-state index contributed by atoms with van der Waals surface area (Å²) in [5, 5.41) is 22.8. The molecule has 106 valence electrons. The minimum atomic E-state index is -3.68. The minimum Gasteiger partial charge on any atom is -0.396 e. The molecule has 0 aliphatic heterocycles. The lowest BCUT2D eigenvalue weighted by Gasteiger charge is -2.12. The number of anilines is 1. The Morgan fingerprint density at radius 2 is 2.11 bits per heavy atom. The van der Waals surface area contributed by atoms with Gasteiger partial charge in [-0.3, -0.25) is 10.1 Å². The summed E-state index contributed by atoms with van der Waals surface area (Å²) in [6.45, 7) is 2.01. The van der Waals surface area contributed by atoms with E-state index >= 15 is 0 Å². The molecule has 0 spiro atoms. The number of hydrogen-bond donors (Lipinski definition) is 2. The zero-order chi connectivity index (χ0) is 14.6. The van der Waals surface area contributed by atoms with Gasteiger partial charge in [0.15, 0.2) is 9.84 Å². The Labute approximate surface area is 111 Å². The number of aliphatic hydroxyl groups is 1. The molecule has 0 aliphatic carbocycles. The van der Waals surface area contributed by atoms with E-state index < -0.39 is 20.4 Å². The van der Waals surface area contributed by atoms with E-state index in [4.69, 9.17) is 5.11 Å². The second kappa shape index (κ2) is 5.98. The van der Waals surface area contributed by atoms with Crippen molar-refractivity contribution >= 4 is 21.2 Å². The van der Waals surface area contributed by atoms with Crippen molar-refractivity contribution in [3.63, 3.8) is 0 Å². The number of para-hydroxylation sites is 1. The summed E-state index contributed by atoms with van der Waals surface area (Å²) < 4.78 is 23.1. The predicted octanol–water partition coefficient (Wildman–Crippen LogP) is 1.04. The number of nitro benzene ring substituents is 1. The summed E-state index contributed by atoms with van der Waals surface area (Å²) in [6, 6.07) is 4.08. The molecule has 8 heteroatoms. The highest BCUT2D eigenvalue weighted by Crippen LogP contribution is 2.31. The number of nitrogens with one attached hydrogen (secondary N) is 1. The smallest absolute Gasteiger partial charge is 0.310 e. The van der Waals surface area contributed by atoms with Gasteiger partial charge in [-0.05, 0) is 18.1 Å². The molecule has 1 aromatic carbocycles. The van der Waals surface area contributed by atoms with E-state index in [1.807, 2.05) is 0 Å². The van der Waals surface area contributed by atoms with E-state index in [1.54, 1.807) is 6.92 Å². The van der Waals surface area contributed by atoms with E-state index in [1.165, 1.54) is 18.2 Å². The summed E-state index contributed by atoms with van der Waals surface area (Å²) in [7, 11) is -3.68. The highest BCUT2D eigenvalue weighted by Gasteiger charge is 2.25. The van der Waals surface area contributed by atoms with Crippen LogP contribution in [-0.2, 0) is 9.84 Å². The second-order valence-corrected chi connectivity index (χ2v) is 6.33. The van der Waals surface area contributed by atoms with Gasteiger partial charge in [0, 0.05) is 19.4 Å². The number of aliphatic hydroxyl groups excluding tert-OH is 1. The van der Waals surface area contributed by atoms with Crippen LogP contribution in [-0.4, -0.2) is 37.9 Å². The normalized spacial score (nSPS) is 13.0. The van der Waals surface area contributed by atoms with Crippen LogP contribution in [0, 0.1) is 16.0 Å². The molecule has 19 heavy (non-hydrogen) atoms. The fraction of sp³-hybridized carbons (Fsp3) is 0.455. The van der Waals surface area contributed by atoms with E-state index in [0.717, 1.165) is 6.26 Å². The van der Waals surface area contributed by atoms with Crippen LogP contribution in [0.4, 0.5) is 11.4 Å². The molecule has 7 nitrogen and oxygen atoms in total. The molecule has 0 fully saturated rings. The number of rotatable bonds is 6. The summed E-state index contributed by atoms with van der Waals surface area (Å²) in [5.74, 6) is -0.0958. The molecule has 1 unspecified atom stereocenters. The third-order valence-electron chi connectivity index (χ3n) is 2.53. The first-order valence-corrected chi connectivity index (χ1v) is 7.48. The summed E-state index contributed by atoms with van der Waals surface area (Å²) in [6.07, 6.45) is 0.926.